The zero-order valence-corrected chi connectivity index (χ0v) is 12.3. The molecule has 0 unspecified atom stereocenters. The molecule has 0 bridgehead atoms. The van der Waals surface area contributed by atoms with Gasteiger partial charge in [0.05, 0.1) is 5.56 Å². The molecule has 2 aromatic carbocycles. The van der Waals surface area contributed by atoms with Gasteiger partial charge in [0.2, 0.25) is 0 Å². The molecule has 0 amide bonds. The summed E-state index contributed by atoms with van der Waals surface area (Å²) in [7, 11) is 1.90. The average molecular weight is 308 g/mol. The maximum Gasteiger partial charge on any atom is 0.338 e. The van der Waals surface area contributed by atoms with Crippen molar-refractivity contribution in [1.29, 1.82) is 0 Å². The largest absolute Gasteiger partial charge is 0.478 e. The van der Waals surface area contributed by atoms with Gasteiger partial charge in [-0.3, -0.25) is 4.90 Å². The summed E-state index contributed by atoms with van der Waals surface area (Å²) < 4.78 is 13.3. The molecule has 2 aromatic rings. The van der Waals surface area contributed by atoms with E-state index in [1.807, 2.05) is 36.2 Å². The van der Waals surface area contributed by atoms with Crippen LogP contribution < -0.4 is 0 Å². The Bertz CT molecular complexity index is 660. The van der Waals surface area contributed by atoms with Gasteiger partial charge in [-0.25, -0.2) is 9.18 Å². The molecule has 110 valence electrons. The second kappa shape index (κ2) is 6.70. The Hall–Kier alpha value is -1.91. The van der Waals surface area contributed by atoms with Crippen LogP contribution in [0, 0.1) is 5.82 Å². The van der Waals surface area contributed by atoms with Crippen LogP contribution in [0.4, 0.5) is 4.39 Å². The van der Waals surface area contributed by atoms with Crippen molar-refractivity contribution < 1.29 is 14.3 Å². The van der Waals surface area contributed by atoms with Gasteiger partial charge in [-0.2, -0.15) is 0 Å². The van der Waals surface area contributed by atoms with E-state index in [0.29, 0.717) is 18.1 Å². The molecule has 0 aliphatic heterocycles. The number of benzene rings is 2. The Morgan fingerprint density at radius 3 is 2.62 bits per heavy atom. The lowest BCUT2D eigenvalue weighted by atomic mass is 10.1. The van der Waals surface area contributed by atoms with E-state index in [-0.39, 0.29) is 5.56 Å². The molecule has 2 rings (SSSR count). The van der Waals surface area contributed by atoms with Crippen molar-refractivity contribution in [3.8, 4) is 0 Å². The van der Waals surface area contributed by atoms with Crippen LogP contribution in [0.2, 0.25) is 5.02 Å². The lowest BCUT2D eigenvalue weighted by molar-refractivity contribution is 0.0691. The minimum absolute atomic E-state index is 0.307. The summed E-state index contributed by atoms with van der Waals surface area (Å²) in [6.45, 7) is 1.13. The Labute approximate surface area is 127 Å². The third-order valence-electron chi connectivity index (χ3n) is 3.11. The van der Waals surface area contributed by atoms with Crippen molar-refractivity contribution in [2.24, 2.45) is 0 Å². The summed E-state index contributed by atoms with van der Waals surface area (Å²) in [5.41, 5.74) is 1.42. The van der Waals surface area contributed by atoms with Gasteiger partial charge in [-0.15, -0.1) is 0 Å². The summed E-state index contributed by atoms with van der Waals surface area (Å²) in [6, 6.07) is 11.7. The first-order valence-electron chi connectivity index (χ1n) is 6.41. The highest BCUT2D eigenvalue weighted by molar-refractivity contribution is 6.31. The van der Waals surface area contributed by atoms with E-state index in [1.54, 1.807) is 6.07 Å². The number of carboxylic acids is 1. The fourth-order valence-electron chi connectivity index (χ4n) is 2.12. The molecule has 3 nitrogen and oxygen atoms in total. The predicted octanol–water partition coefficient (Wildman–Crippen LogP) is 3.81. The minimum Gasteiger partial charge on any atom is -0.478 e. The van der Waals surface area contributed by atoms with Crippen LogP contribution >= 0.6 is 11.6 Å². The Balaban J connectivity index is 2.09. The van der Waals surface area contributed by atoms with E-state index >= 15 is 0 Å². The van der Waals surface area contributed by atoms with Crippen LogP contribution in [0.3, 0.4) is 0 Å². The minimum atomic E-state index is -1.26. The standard InChI is InChI=1S/C16H15ClFNO2/c1-19(10-12-4-2-3-5-14(12)17)9-11-6-7-15(18)13(8-11)16(20)21/h2-8H,9-10H2,1H3,(H,20,21). The zero-order valence-electron chi connectivity index (χ0n) is 11.5. The molecule has 0 aliphatic carbocycles. The fourth-order valence-corrected chi connectivity index (χ4v) is 2.32. The van der Waals surface area contributed by atoms with Gasteiger partial charge in [-0.05, 0) is 36.4 Å². The number of rotatable bonds is 5. The zero-order chi connectivity index (χ0) is 15.4. The van der Waals surface area contributed by atoms with E-state index in [4.69, 9.17) is 16.7 Å². The third kappa shape index (κ3) is 4.03. The molecule has 0 aromatic heterocycles. The molecule has 0 heterocycles. The van der Waals surface area contributed by atoms with Gasteiger partial charge in [0, 0.05) is 18.1 Å². The van der Waals surface area contributed by atoms with Crippen LogP contribution in [0.25, 0.3) is 0 Å². The highest BCUT2D eigenvalue weighted by atomic mass is 35.5. The molecule has 0 saturated heterocycles. The smallest absolute Gasteiger partial charge is 0.338 e. The SMILES string of the molecule is CN(Cc1ccc(F)c(C(=O)O)c1)Cc1ccccc1Cl. The summed E-state index contributed by atoms with van der Waals surface area (Å²) in [6.07, 6.45) is 0. The topological polar surface area (TPSA) is 40.5 Å². The molecule has 0 atom stereocenters. The van der Waals surface area contributed by atoms with Crippen molar-refractivity contribution in [3.05, 3.63) is 70.0 Å². The molecular formula is C16H15ClFNO2. The second-order valence-corrected chi connectivity index (χ2v) is 5.29. The quantitative estimate of drug-likeness (QED) is 0.913. The Kier molecular flexibility index (Phi) is 4.94. The van der Waals surface area contributed by atoms with Gasteiger partial charge < -0.3 is 5.11 Å². The fraction of sp³-hybridized carbons (Fsp3) is 0.188. The number of hydrogen-bond donors (Lipinski definition) is 1. The predicted molar refractivity (Wildman–Crippen MR) is 80.0 cm³/mol. The Morgan fingerprint density at radius 2 is 1.95 bits per heavy atom. The summed E-state index contributed by atoms with van der Waals surface area (Å²) in [4.78, 5) is 12.9. The Morgan fingerprint density at radius 1 is 1.24 bits per heavy atom. The first-order chi connectivity index (χ1) is 9.97. The number of carboxylic acid groups (broad SMARTS) is 1. The number of halogens is 2. The maximum absolute atomic E-state index is 13.3. The van der Waals surface area contributed by atoms with Gasteiger partial charge in [0.15, 0.2) is 0 Å². The molecule has 0 saturated carbocycles. The molecule has 0 fully saturated rings. The molecule has 5 heteroatoms. The highest BCUT2D eigenvalue weighted by Gasteiger charge is 2.12. The van der Waals surface area contributed by atoms with Gasteiger partial charge in [0.25, 0.3) is 0 Å². The van der Waals surface area contributed by atoms with E-state index in [1.165, 1.54) is 12.1 Å². The van der Waals surface area contributed by atoms with E-state index in [2.05, 4.69) is 0 Å². The van der Waals surface area contributed by atoms with Crippen LogP contribution in [-0.4, -0.2) is 23.0 Å². The van der Waals surface area contributed by atoms with Crippen LogP contribution in [0.1, 0.15) is 21.5 Å². The first kappa shape index (κ1) is 15.5. The second-order valence-electron chi connectivity index (χ2n) is 4.88. The number of hydrogen-bond acceptors (Lipinski definition) is 2. The van der Waals surface area contributed by atoms with Crippen molar-refractivity contribution in [1.82, 2.24) is 4.90 Å². The molecule has 0 aliphatic rings. The highest BCUT2D eigenvalue weighted by Crippen LogP contribution is 2.18. The lowest BCUT2D eigenvalue weighted by Crippen LogP contribution is -2.18. The first-order valence-corrected chi connectivity index (χ1v) is 6.79. The van der Waals surface area contributed by atoms with Gasteiger partial charge in [0.1, 0.15) is 5.82 Å². The van der Waals surface area contributed by atoms with Crippen molar-refractivity contribution >= 4 is 17.6 Å². The number of nitrogens with zero attached hydrogens (tertiary/aromatic N) is 1. The average Bonchev–Trinajstić information content (AvgIpc) is 2.43. The maximum atomic E-state index is 13.3. The van der Waals surface area contributed by atoms with E-state index in [9.17, 15) is 9.18 Å². The summed E-state index contributed by atoms with van der Waals surface area (Å²) in [5.74, 6) is -1.98. The van der Waals surface area contributed by atoms with Crippen LogP contribution in [0.15, 0.2) is 42.5 Å². The molecular weight excluding hydrogens is 293 g/mol. The summed E-state index contributed by atoms with van der Waals surface area (Å²) >= 11 is 6.10. The lowest BCUT2D eigenvalue weighted by Gasteiger charge is -2.18. The molecule has 0 radical (unpaired) electrons. The molecule has 1 N–H and O–H groups in total. The third-order valence-corrected chi connectivity index (χ3v) is 3.48. The number of aromatic carboxylic acids is 1. The van der Waals surface area contributed by atoms with Gasteiger partial charge in [-0.1, -0.05) is 35.9 Å². The normalized spacial score (nSPS) is 10.9. The van der Waals surface area contributed by atoms with Crippen LogP contribution in [0.5, 0.6) is 0 Å². The van der Waals surface area contributed by atoms with Gasteiger partial charge >= 0.3 is 5.97 Å². The van der Waals surface area contributed by atoms with E-state index in [0.717, 1.165) is 11.1 Å². The summed E-state index contributed by atoms with van der Waals surface area (Å²) in [5, 5.41) is 9.61. The number of carbonyl (C=O) groups is 1. The van der Waals surface area contributed by atoms with Crippen LogP contribution in [-0.2, 0) is 13.1 Å². The van der Waals surface area contributed by atoms with Crippen molar-refractivity contribution in [2.45, 2.75) is 13.1 Å². The van der Waals surface area contributed by atoms with E-state index < -0.39 is 11.8 Å². The molecule has 21 heavy (non-hydrogen) atoms. The van der Waals surface area contributed by atoms with Crippen molar-refractivity contribution in [2.75, 3.05) is 7.05 Å². The van der Waals surface area contributed by atoms with Crippen molar-refractivity contribution in [3.63, 3.8) is 0 Å². The molecule has 0 spiro atoms. The monoisotopic (exact) mass is 307 g/mol.